The van der Waals surface area contributed by atoms with Crippen molar-refractivity contribution in [2.45, 2.75) is 19.1 Å². The molecule has 0 bridgehead atoms. The summed E-state index contributed by atoms with van der Waals surface area (Å²) in [5.74, 6) is 2.83. The van der Waals surface area contributed by atoms with E-state index < -0.39 is 11.9 Å². The summed E-state index contributed by atoms with van der Waals surface area (Å²) in [5, 5.41) is 0. The number of aryl methyl sites for hydroxylation is 1. The average molecular weight is 318 g/mol. The molecule has 8 heteroatoms. The number of hydrogen-bond acceptors (Lipinski definition) is 5. The zero-order valence-corrected chi connectivity index (χ0v) is 12.5. The highest BCUT2D eigenvalue weighted by atomic mass is 32.2. The van der Waals surface area contributed by atoms with E-state index in [0.717, 1.165) is 43.8 Å². The number of rotatable bonds is 2. The van der Waals surface area contributed by atoms with Gasteiger partial charge in [0, 0.05) is 49.8 Å². The van der Waals surface area contributed by atoms with Crippen LogP contribution in [0, 0.1) is 6.92 Å². The smallest absolute Gasteiger partial charge is 0.353 e. The van der Waals surface area contributed by atoms with Crippen molar-refractivity contribution in [2.75, 3.05) is 42.6 Å². The molecular formula is C13H17F3N4S. The summed E-state index contributed by atoms with van der Waals surface area (Å²) in [7, 11) is 0. The van der Waals surface area contributed by atoms with Crippen LogP contribution in [-0.4, -0.2) is 58.6 Å². The topological polar surface area (TPSA) is 32.3 Å². The van der Waals surface area contributed by atoms with Crippen molar-refractivity contribution in [3.05, 3.63) is 17.6 Å². The number of aromatic nitrogens is 2. The molecule has 0 N–H and O–H groups in total. The van der Waals surface area contributed by atoms with Crippen LogP contribution >= 0.6 is 11.8 Å². The maximum atomic E-state index is 12.8. The van der Waals surface area contributed by atoms with Gasteiger partial charge in [-0.15, -0.1) is 0 Å². The van der Waals surface area contributed by atoms with Gasteiger partial charge < -0.3 is 4.90 Å². The molecule has 2 aliphatic heterocycles. The molecule has 21 heavy (non-hydrogen) atoms. The van der Waals surface area contributed by atoms with E-state index in [1.807, 2.05) is 16.7 Å². The molecule has 0 amide bonds. The van der Waals surface area contributed by atoms with Gasteiger partial charge in [-0.2, -0.15) is 24.9 Å². The van der Waals surface area contributed by atoms with Crippen LogP contribution in [0.5, 0.6) is 0 Å². The van der Waals surface area contributed by atoms with Gasteiger partial charge in [0.25, 0.3) is 0 Å². The van der Waals surface area contributed by atoms with Crippen molar-refractivity contribution in [3.63, 3.8) is 0 Å². The lowest BCUT2D eigenvalue weighted by Gasteiger charge is -2.47. The summed E-state index contributed by atoms with van der Waals surface area (Å²) in [6, 6.07) is 1.49. The minimum atomic E-state index is -4.42. The normalized spacial score (nSPS) is 21.4. The SMILES string of the molecule is Cc1nc(N2CC(N3CCSCC3)C2)cc(C(F)(F)F)n1. The highest BCUT2D eigenvalue weighted by Crippen LogP contribution is 2.31. The monoisotopic (exact) mass is 318 g/mol. The Morgan fingerprint density at radius 1 is 1.19 bits per heavy atom. The van der Waals surface area contributed by atoms with E-state index in [1.165, 1.54) is 6.92 Å². The van der Waals surface area contributed by atoms with Crippen molar-refractivity contribution in [1.82, 2.24) is 14.9 Å². The zero-order valence-electron chi connectivity index (χ0n) is 11.7. The maximum absolute atomic E-state index is 12.8. The molecule has 0 aliphatic carbocycles. The summed E-state index contributed by atoms with van der Waals surface area (Å²) < 4.78 is 38.3. The molecule has 2 fully saturated rings. The second kappa shape index (κ2) is 5.64. The van der Waals surface area contributed by atoms with E-state index in [4.69, 9.17) is 0 Å². The van der Waals surface area contributed by atoms with Crippen molar-refractivity contribution in [3.8, 4) is 0 Å². The molecule has 1 aromatic heterocycles. The zero-order chi connectivity index (χ0) is 15.0. The third-order valence-corrected chi connectivity index (χ3v) is 4.81. The van der Waals surface area contributed by atoms with Crippen LogP contribution in [0.25, 0.3) is 0 Å². The molecule has 0 unspecified atom stereocenters. The molecule has 0 radical (unpaired) electrons. The second-order valence-electron chi connectivity index (χ2n) is 5.36. The van der Waals surface area contributed by atoms with Gasteiger partial charge >= 0.3 is 6.18 Å². The number of nitrogens with zero attached hydrogens (tertiary/aromatic N) is 4. The first-order valence-corrected chi connectivity index (χ1v) is 8.08. The maximum Gasteiger partial charge on any atom is 0.433 e. The standard InChI is InChI=1S/C13H17F3N4S/c1-9-17-11(13(14,15)16)6-12(18-9)20-7-10(8-20)19-2-4-21-5-3-19/h6,10H,2-5,7-8H2,1H3. The third-order valence-electron chi connectivity index (χ3n) is 3.86. The van der Waals surface area contributed by atoms with Crippen LogP contribution < -0.4 is 4.90 Å². The second-order valence-corrected chi connectivity index (χ2v) is 6.59. The summed E-state index contributed by atoms with van der Waals surface area (Å²) in [6.07, 6.45) is -4.42. The van der Waals surface area contributed by atoms with Crippen molar-refractivity contribution >= 4 is 17.6 Å². The fourth-order valence-electron chi connectivity index (χ4n) is 2.68. The predicted octanol–water partition coefficient (Wildman–Crippen LogP) is 2.04. The Kier molecular flexibility index (Phi) is 4.00. The minimum absolute atomic E-state index is 0.164. The van der Waals surface area contributed by atoms with Crippen LogP contribution in [0.2, 0.25) is 0 Å². The minimum Gasteiger partial charge on any atom is -0.353 e. The first kappa shape index (κ1) is 14.9. The Labute approximate surface area is 125 Å². The number of alkyl halides is 3. The van der Waals surface area contributed by atoms with Crippen LogP contribution in [0.1, 0.15) is 11.5 Å². The van der Waals surface area contributed by atoms with E-state index >= 15 is 0 Å². The first-order valence-electron chi connectivity index (χ1n) is 6.93. The Bertz CT molecular complexity index is 511. The van der Waals surface area contributed by atoms with E-state index in [2.05, 4.69) is 14.9 Å². The highest BCUT2D eigenvalue weighted by molar-refractivity contribution is 7.99. The van der Waals surface area contributed by atoms with Gasteiger partial charge in [-0.3, -0.25) is 4.90 Å². The van der Waals surface area contributed by atoms with E-state index in [-0.39, 0.29) is 5.82 Å². The number of thioether (sulfide) groups is 1. The summed E-state index contributed by atoms with van der Waals surface area (Å²) in [6.45, 7) is 5.13. The first-order chi connectivity index (χ1) is 9.93. The van der Waals surface area contributed by atoms with Crippen LogP contribution in [0.3, 0.4) is 0 Å². The molecule has 2 saturated heterocycles. The van der Waals surface area contributed by atoms with Gasteiger partial charge in [0.1, 0.15) is 17.3 Å². The quantitative estimate of drug-likeness (QED) is 0.833. The van der Waals surface area contributed by atoms with Crippen molar-refractivity contribution in [2.24, 2.45) is 0 Å². The average Bonchev–Trinajstić information content (AvgIpc) is 2.36. The molecule has 2 aliphatic rings. The van der Waals surface area contributed by atoms with Gasteiger partial charge in [-0.25, -0.2) is 9.97 Å². The lowest BCUT2D eigenvalue weighted by atomic mass is 10.1. The largest absolute Gasteiger partial charge is 0.433 e. The number of anilines is 1. The molecule has 3 rings (SSSR count). The van der Waals surface area contributed by atoms with Crippen LogP contribution in [-0.2, 0) is 6.18 Å². The Hall–Kier alpha value is -1.02. The predicted molar refractivity (Wildman–Crippen MR) is 76.7 cm³/mol. The highest BCUT2D eigenvalue weighted by Gasteiger charge is 2.37. The van der Waals surface area contributed by atoms with Gasteiger partial charge in [0.2, 0.25) is 0 Å². The Morgan fingerprint density at radius 2 is 1.86 bits per heavy atom. The molecule has 0 spiro atoms. The molecule has 0 atom stereocenters. The lowest BCUT2D eigenvalue weighted by molar-refractivity contribution is -0.141. The fraction of sp³-hybridized carbons (Fsp3) is 0.692. The van der Waals surface area contributed by atoms with Crippen molar-refractivity contribution in [1.29, 1.82) is 0 Å². The number of halogens is 3. The van der Waals surface area contributed by atoms with Crippen molar-refractivity contribution < 1.29 is 13.2 Å². The van der Waals surface area contributed by atoms with Crippen LogP contribution in [0.15, 0.2) is 6.07 Å². The Morgan fingerprint density at radius 3 is 2.48 bits per heavy atom. The molecule has 0 aromatic carbocycles. The van der Waals surface area contributed by atoms with E-state index in [9.17, 15) is 13.2 Å². The van der Waals surface area contributed by atoms with Gasteiger partial charge in [0.15, 0.2) is 0 Å². The molecule has 3 heterocycles. The van der Waals surface area contributed by atoms with E-state index in [0.29, 0.717) is 11.9 Å². The van der Waals surface area contributed by atoms with Gasteiger partial charge in [-0.1, -0.05) is 0 Å². The number of hydrogen-bond donors (Lipinski definition) is 0. The van der Waals surface area contributed by atoms with E-state index in [1.54, 1.807) is 0 Å². The molecule has 1 aromatic rings. The third kappa shape index (κ3) is 3.26. The molecule has 116 valence electrons. The summed E-state index contributed by atoms with van der Waals surface area (Å²) >= 11 is 1.95. The lowest BCUT2D eigenvalue weighted by Crippen LogP contribution is -2.61. The van der Waals surface area contributed by atoms with Gasteiger partial charge in [0.05, 0.1) is 0 Å². The molecular weight excluding hydrogens is 301 g/mol. The Balaban J connectivity index is 1.67. The fourth-order valence-corrected chi connectivity index (χ4v) is 3.61. The van der Waals surface area contributed by atoms with Crippen LogP contribution in [0.4, 0.5) is 19.0 Å². The molecule has 4 nitrogen and oxygen atoms in total. The summed E-state index contributed by atoms with van der Waals surface area (Å²) in [4.78, 5) is 11.9. The summed E-state index contributed by atoms with van der Waals surface area (Å²) in [5.41, 5.74) is -0.858. The van der Waals surface area contributed by atoms with Gasteiger partial charge in [-0.05, 0) is 6.92 Å². The molecule has 0 saturated carbocycles.